The molecule has 0 aliphatic heterocycles. The van der Waals surface area contributed by atoms with Gasteiger partial charge in [0.15, 0.2) is 0 Å². The van der Waals surface area contributed by atoms with Crippen LogP contribution in [0.1, 0.15) is 11.1 Å². The molecule has 0 atom stereocenters. The molecule has 5 nitrogen and oxygen atoms in total. The fourth-order valence-corrected chi connectivity index (χ4v) is 2.54. The first kappa shape index (κ1) is 15.6. The van der Waals surface area contributed by atoms with Gasteiger partial charge in [-0.05, 0) is 29.8 Å². The highest BCUT2D eigenvalue weighted by Crippen LogP contribution is 2.26. The summed E-state index contributed by atoms with van der Waals surface area (Å²) < 4.78 is 5.80. The molecule has 0 unspecified atom stereocenters. The van der Waals surface area contributed by atoms with Gasteiger partial charge < -0.3 is 10.2 Å². The SMILES string of the molecule is Clc1cccc(Cl)c1COc1cccc(CNn2cncn2)c1. The predicted octanol–water partition coefficient (Wildman–Crippen LogP) is 3.91. The Morgan fingerprint density at radius 1 is 1.09 bits per heavy atom. The lowest BCUT2D eigenvalue weighted by Gasteiger charge is -2.11. The number of benzene rings is 2. The average molecular weight is 349 g/mol. The Hall–Kier alpha value is -2.24. The summed E-state index contributed by atoms with van der Waals surface area (Å²) in [6.07, 6.45) is 3.07. The number of rotatable bonds is 6. The Labute approximate surface area is 143 Å². The Bertz CT molecular complexity index is 757. The van der Waals surface area contributed by atoms with Crippen LogP contribution in [-0.2, 0) is 13.2 Å². The van der Waals surface area contributed by atoms with Crippen LogP contribution < -0.4 is 10.2 Å². The van der Waals surface area contributed by atoms with Crippen molar-refractivity contribution >= 4 is 23.2 Å². The van der Waals surface area contributed by atoms with Gasteiger partial charge in [-0.1, -0.05) is 41.4 Å². The summed E-state index contributed by atoms with van der Waals surface area (Å²) in [6, 6.07) is 13.2. The Morgan fingerprint density at radius 3 is 2.61 bits per heavy atom. The Kier molecular flexibility index (Phi) is 5.00. The number of nitrogens with zero attached hydrogens (tertiary/aromatic N) is 3. The molecule has 0 radical (unpaired) electrons. The summed E-state index contributed by atoms with van der Waals surface area (Å²) in [7, 11) is 0. The van der Waals surface area contributed by atoms with E-state index in [2.05, 4.69) is 15.5 Å². The first-order valence-corrected chi connectivity index (χ1v) is 7.71. The minimum absolute atomic E-state index is 0.318. The summed E-state index contributed by atoms with van der Waals surface area (Å²) in [5.74, 6) is 0.749. The van der Waals surface area contributed by atoms with Crippen LogP contribution in [0.2, 0.25) is 10.0 Å². The third-order valence-corrected chi connectivity index (χ3v) is 3.92. The van der Waals surface area contributed by atoms with Gasteiger partial charge in [-0.25, -0.2) is 4.98 Å². The van der Waals surface area contributed by atoms with Gasteiger partial charge in [0.25, 0.3) is 0 Å². The van der Waals surface area contributed by atoms with Crippen molar-refractivity contribution in [3.05, 3.63) is 76.3 Å². The number of hydrogen-bond donors (Lipinski definition) is 1. The summed E-state index contributed by atoms with van der Waals surface area (Å²) in [4.78, 5) is 5.42. The first-order chi connectivity index (χ1) is 11.2. The molecule has 0 fully saturated rings. The molecule has 0 bridgehead atoms. The third-order valence-electron chi connectivity index (χ3n) is 3.21. The summed E-state index contributed by atoms with van der Waals surface area (Å²) in [6.45, 7) is 0.922. The predicted molar refractivity (Wildman–Crippen MR) is 90.3 cm³/mol. The van der Waals surface area contributed by atoms with E-state index in [0.29, 0.717) is 23.2 Å². The van der Waals surface area contributed by atoms with Crippen LogP contribution in [0.15, 0.2) is 55.1 Å². The van der Waals surface area contributed by atoms with Crippen LogP contribution in [0, 0.1) is 0 Å². The molecule has 7 heteroatoms. The van der Waals surface area contributed by atoms with E-state index in [1.54, 1.807) is 23.3 Å². The number of hydrogen-bond acceptors (Lipinski definition) is 4. The molecule has 0 spiro atoms. The second-order valence-electron chi connectivity index (χ2n) is 4.81. The number of aromatic nitrogens is 3. The van der Waals surface area contributed by atoms with E-state index in [4.69, 9.17) is 27.9 Å². The maximum atomic E-state index is 6.14. The van der Waals surface area contributed by atoms with Crippen molar-refractivity contribution in [1.82, 2.24) is 14.9 Å². The van der Waals surface area contributed by atoms with Gasteiger partial charge in [0.2, 0.25) is 0 Å². The standard InChI is InChI=1S/C16H14Cl2N4O/c17-15-5-2-6-16(18)14(15)9-23-13-4-1-3-12(7-13)8-20-22-11-19-10-21-22/h1-7,10-11,20H,8-9H2. The molecule has 3 rings (SSSR count). The number of halogens is 2. The molecule has 3 aromatic rings. The van der Waals surface area contributed by atoms with Crippen molar-refractivity contribution in [3.8, 4) is 5.75 Å². The number of nitrogens with one attached hydrogen (secondary N) is 1. The lowest BCUT2D eigenvalue weighted by atomic mass is 10.2. The van der Waals surface area contributed by atoms with Gasteiger partial charge >= 0.3 is 0 Å². The second-order valence-corrected chi connectivity index (χ2v) is 5.63. The van der Waals surface area contributed by atoms with Crippen molar-refractivity contribution in [3.63, 3.8) is 0 Å². The van der Waals surface area contributed by atoms with E-state index >= 15 is 0 Å². The summed E-state index contributed by atoms with van der Waals surface area (Å²) in [5, 5.41) is 5.18. The van der Waals surface area contributed by atoms with E-state index in [-0.39, 0.29) is 0 Å². The third kappa shape index (κ3) is 4.15. The van der Waals surface area contributed by atoms with Gasteiger partial charge in [-0.3, -0.25) is 0 Å². The van der Waals surface area contributed by atoms with Crippen LogP contribution in [0.25, 0.3) is 0 Å². The van der Waals surface area contributed by atoms with Gasteiger partial charge in [0.1, 0.15) is 25.0 Å². The van der Waals surface area contributed by atoms with Gasteiger partial charge in [0.05, 0.1) is 6.54 Å². The summed E-state index contributed by atoms with van der Waals surface area (Å²) >= 11 is 12.3. The molecule has 0 aliphatic rings. The van der Waals surface area contributed by atoms with E-state index in [0.717, 1.165) is 16.9 Å². The van der Waals surface area contributed by atoms with Crippen LogP contribution in [0.5, 0.6) is 5.75 Å². The van der Waals surface area contributed by atoms with Gasteiger partial charge in [-0.15, -0.1) is 5.10 Å². The quantitative estimate of drug-likeness (QED) is 0.733. The molecular weight excluding hydrogens is 335 g/mol. The second kappa shape index (κ2) is 7.35. The monoisotopic (exact) mass is 348 g/mol. The minimum Gasteiger partial charge on any atom is -0.489 e. The van der Waals surface area contributed by atoms with Crippen molar-refractivity contribution in [2.24, 2.45) is 0 Å². The molecule has 118 valence electrons. The Balaban J connectivity index is 1.63. The fourth-order valence-electron chi connectivity index (χ4n) is 2.03. The van der Waals surface area contributed by atoms with E-state index in [1.165, 1.54) is 6.33 Å². The number of ether oxygens (including phenoxy) is 1. The van der Waals surface area contributed by atoms with Gasteiger partial charge in [-0.2, -0.15) is 4.79 Å². The van der Waals surface area contributed by atoms with Crippen molar-refractivity contribution in [1.29, 1.82) is 0 Å². The molecule has 23 heavy (non-hydrogen) atoms. The molecule has 1 aromatic heterocycles. The maximum absolute atomic E-state index is 6.14. The molecular formula is C16H14Cl2N4O. The van der Waals surface area contributed by atoms with Crippen molar-refractivity contribution in [2.45, 2.75) is 13.2 Å². The smallest absolute Gasteiger partial charge is 0.139 e. The lowest BCUT2D eigenvalue weighted by molar-refractivity contribution is 0.306. The summed E-state index contributed by atoms with van der Waals surface area (Å²) in [5.41, 5.74) is 4.94. The highest BCUT2D eigenvalue weighted by Gasteiger charge is 2.06. The van der Waals surface area contributed by atoms with Crippen LogP contribution in [0.4, 0.5) is 0 Å². The minimum atomic E-state index is 0.318. The zero-order valence-corrected chi connectivity index (χ0v) is 13.6. The Morgan fingerprint density at radius 2 is 1.87 bits per heavy atom. The molecule has 0 saturated heterocycles. The molecule has 0 aliphatic carbocycles. The normalized spacial score (nSPS) is 10.5. The molecule has 1 heterocycles. The van der Waals surface area contributed by atoms with E-state index in [1.807, 2.05) is 30.3 Å². The zero-order chi connectivity index (χ0) is 16.1. The molecule has 0 saturated carbocycles. The maximum Gasteiger partial charge on any atom is 0.139 e. The van der Waals surface area contributed by atoms with Crippen molar-refractivity contribution in [2.75, 3.05) is 5.43 Å². The average Bonchev–Trinajstić information content (AvgIpc) is 3.06. The lowest BCUT2D eigenvalue weighted by Crippen LogP contribution is -2.14. The highest BCUT2D eigenvalue weighted by molar-refractivity contribution is 6.35. The highest BCUT2D eigenvalue weighted by atomic mass is 35.5. The van der Waals surface area contributed by atoms with Crippen molar-refractivity contribution < 1.29 is 4.74 Å². The topological polar surface area (TPSA) is 52.0 Å². The molecule has 2 aromatic carbocycles. The van der Waals surface area contributed by atoms with Gasteiger partial charge in [0, 0.05) is 15.6 Å². The van der Waals surface area contributed by atoms with E-state index < -0.39 is 0 Å². The first-order valence-electron chi connectivity index (χ1n) is 6.95. The molecule has 0 amide bonds. The zero-order valence-electron chi connectivity index (χ0n) is 12.1. The fraction of sp³-hybridized carbons (Fsp3) is 0.125. The molecule has 1 N–H and O–H groups in total. The largest absolute Gasteiger partial charge is 0.489 e. The van der Waals surface area contributed by atoms with Crippen LogP contribution >= 0.6 is 23.2 Å². The van der Waals surface area contributed by atoms with E-state index in [9.17, 15) is 0 Å². The van der Waals surface area contributed by atoms with Crippen LogP contribution in [0.3, 0.4) is 0 Å². The van der Waals surface area contributed by atoms with Crippen LogP contribution in [-0.4, -0.2) is 14.9 Å².